The Bertz CT molecular complexity index is 669. The van der Waals surface area contributed by atoms with Crippen LogP contribution in [0.4, 0.5) is 0 Å². The predicted molar refractivity (Wildman–Crippen MR) is 89.8 cm³/mol. The maximum Gasteiger partial charge on any atom is 0.320 e. The fourth-order valence-corrected chi connectivity index (χ4v) is 2.36. The topological polar surface area (TPSA) is 65.7 Å². The Morgan fingerprint density at radius 2 is 1.56 bits per heavy atom. The van der Waals surface area contributed by atoms with Gasteiger partial charge in [-0.05, 0) is 24.1 Å². The molecule has 0 aliphatic carbocycles. The Morgan fingerprint density at radius 3 is 2.12 bits per heavy atom. The predicted octanol–water partition coefficient (Wildman–Crippen LogP) is 1.56. The molecule has 6 heteroatoms. The van der Waals surface area contributed by atoms with Crippen molar-refractivity contribution in [3.8, 4) is 5.75 Å². The van der Waals surface area contributed by atoms with E-state index < -0.39 is 17.9 Å². The molecular weight excluding hydrogens is 322 g/mol. The molecule has 2 rings (SSSR count). The number of esters is 2. The largest absolute Gasteiger partial charge is 0.487 e. The Morgan fingerprint density at radius 1 is 0.960 bits per heavy atom. The van der Waals surface area contributed by atoms with Crippen molar-refractivity contribution in [2.75, 3.05) is 20.8 Å². The van der Waals surface area contributed by atoms with Crippen LogP contribution in [0.15, 0.2) is 54.9 Å². The summed E-state index contributed by atoms with van der Waals surface area (Å²) in [5.74, 6) is -1.44. The van der Waals surface area contributed by atoms with Gasteiger partial charge in [0.2, 0.25) is 0 Å². The molecule has 0 spiro atoms. The fourth-order valence-electron chi connectivity index (χ4n) is 2.36. The second-order valence-corrected chi connectivity index (χ2v) is 5.41. The van der Waals surface area contributed by atoms with E-state index in [-0.39, 0.29) is 6.42 Å². The second-order valence-electron chi connectivity index (χ2n) is 5.41. The van der Waals surface area contributed by atoms with Crippen LogP contribution in [0.3, 0.4) is 0 Å². The third kappa shape index (κ3) is 5.60. The molecule has 0 fully saturated rings. The molecule has 6 nitrogen and oxygen atoms in total. The highest BCUT2D eigenvalue weighted by atomic mass is 16.5. The van der Waals surface area contributed by atoms with E-state index in [9.17, 15) is 9.59 Å². The van der Waals surface area contributed by atoms with Crippen LogP contribution in [-0.2, 0) is 32.0 Å². The number of nitrogens with zero attached hydrogens (tertiary/aromatic N) is 1. The van der Waals surface area contributed by atoms with Crippen molar-refractivity contribution in [2.45, 2.75) is 13.0 Å². The van der Waals surface area contributed by atoms with Crippen molar-refractivity contribution < 1.29 is 28.4 Å². The lowest BCUT2D eigenvalue weighted by Gasteiger charge is -2.12. The molecule has 0 amide bonds. The molecule has 0 unspecified atom stereocenters. The van der Waals surface area contributed by atoms with Gasteiger partial charge in [0.05, 0.1) is 14.2 Å². The van der Waals surface area contributed by atoms with Crippen molar-refractivity contribution in [3.63, 3.8) is 0 Å². The first kappa shape index (κ1) is 18.4. The normalized spacial score (nSPS) is 10.4. The molecule has 0 aliphatic rings. The lowest BCUT2D eigenvalue weighted by Crippen LogP contribution is -2.35. The number of carbonyl (C=O) groups is 2. The molecular formula is C19H22NO5+. The van der Waals surface area contributed by atoms with E-state index in [4.69, 9.17) is 4.74 Å². The van der Waals surface area contributed by atoms with Crippen LogP contribution in [0.25, 0.3) is 0 Å². The minimum absolute atomic E-state index is 0.222. The van der Waals surface area contributed by atoms with E-state index in [1.165, 1.54) is 14.2 Å². The number of methoxy groups -OCH3 is 2. The number of pyridine rings is 1. The van der Waals surface area contributed by atoms with Gasteiger partial charge in [-0.2, -0.15) is 0 Å². The minimum Gasteiger partial charge on any atom is -0.487 e. The van der Waals surface area contributed by atoms with Gasteiger partial charge < -0.3 is 14.2 Å². The van der Waals surface area contributed by atoms with Crippen LogP contribution in [0.2, 0.25) is 0 Å². The van der Waals surface area contributed by atoms with Gasteiger partial charge in [0.25, 0.3) is 0 Å². The first-order valence-electron chi connectivity index (χ1n) is 7.95. The molecule has 0 radical (unpaired) electrons. The van der Waals surface area contributed by atoms with Crippen molar-refractivity contribution in [3.05, 3.63) is 60.4 Å². The summed E-state index contributed by atoms with van der Waals surface area (Å²) in [6.45, 7) is 1.29. The highest BCUT2D eigenvalue weighted by Crippen LogP contribution is 2.17. The summed E-state index contributed by atoms with van der Waals surface area (Å²) in [4.78, 5) is 23.4. The van der Waals surface area contributed by atoms with Crippen molar-refractivity contribution >= 4 is 11.9 Å². The second kappa shape index (κ2) is 9.42. The summed E-state index contributed by atoms with van der Waals surface area (Å²) >= 11 is 0. The number of benzene rings is 1. The first-order valence-corrected chi connectivity index (χ1v) is 7.95. The lowest BCUT2D eigenvalue weighted by atomic mass is 9.99. The Balaban J connectivity index is 1.90. The quantitative estimate of drug-likeness (QED) is 0.413. The monoisotopic (exact) mass is 344 g/mol. The van der Waals surface area contributed by atoms with E-state index in [0.717, 1.165) is 17.9 Å². The fraction of sp³-hybridized carbons (Fsp3) is 0.316. The van der Waals surface area contributed by atoms with Gasteiger partial charge in [-0.15, -0.1) is 0 Å². The van der Waals surface area contributed by atoms with E-state index in [1.807, 2.05) is 59.4 Å². The average molecular weight is 344 g/mol. The summed E-state index contributed by atoms with van der Waals surface area (Å²) in [6.07, 6.45) is 4.18. The summed E-state index contributed by atoms with van der Waals surface area (Å²) in [6, 6.07) is 13.2. The van der Waals surface area contributed by atoms with Crippen LogP contribution >= 0.6 is 0 Å². The number of ether oxygens (including phenoxy) is 3. The van der Waals surface area contributed by atoms with Crippen molar-refractivity contribution in [1.29, 1.82) is 0 Å². The van der Waals surface area contributed by atoms with Crippen LogP contribution < -0.4 is 9.30 Å². The highest BCUT2D eigenvalue weighted by Gasteiger charge is 2.28. The maximum atomic E-state index is 11.7. The Labute approximate surface area is 147 Å². The summed E-state index contributed by atoms with van der Waals surface area (Å²) < 4.78 is 17.1. The number of carbonyl (C=O) groups excluding carboxylic acids is 2. The van der Waals surface area contributed by atoms with E-state index >= 15 is 0 Å². The van der Waals surface area contributed by atoms with Crippen molar-refractivity contribution in [2.24, 2.45) is 5.92 Å². The number of hydrogen-bond acceptors (Lipinski definition) is 5. The SMILES string of the molecule is COC(=O)C(Cc1ccc(OCC[n+]2ccccc2)cc1)C(=O)OC. The summed E-state index contributed by atoms with van der Waals surface area (Å²) in [5, 5.41) is 0. The minimum atomic E-state index is -0.962. The standard InChI is InChI=1S/C19H22NO5/c1-23-18(21)17(19(22)24-2)14-15-6-8-16(9-7-15)25-13-12-20-10-4-3-5-11-20/h3-11,17H,12-14H2,1-2H3/q+1. The van der Waals surface area contributed by atoms with Crippen LogP contribution in [-0.4, -0.2) is 32.8 Å². The molecule has 0 atom stereocenters. The lowest BCUT2D eigenvalue weighted by molar-refractivity contribution is -0.697. The molecule has 0 aliphatic heterocycles. The van der Waals surface area contributed by atoms with Crippen LogP contribution in [0, 0.1) is 5.92 Å². The number of aromatic nitrogens is 1. The average Bonchev–Trinajstić information content (AvgIpc) is 2.67. The highest BCUT2D eigenvalue weighted by molar-refractivity contribution is 5.95. The third-order valence-corrected chi connectivity index (χ3v) is 3.73. The zero-order chi connectivity index (χ0) is 18.1. The molecule has 1 aromatic carbocycles. The van der Waals surface area contributed by atoms with E-state index in [0.29, 0.717) is 6.61 Å². The Kier molecular flexibility index (Phi) is 6.95. The molecule has 0 saturated carbocycles. The third-order valence-electron chi connectivity index (χ3n) is 3.73. The van der Waals surface area contributed by atoms with E-state index in [1.54, 1.807) is 0 Å². The molecule has 25 heavy (non-hydrogen) atoms. The maximum absolute atomic E-state index is 11.7. The number of hydrogen-bond donors (Lipinski definition) is 0. The molecule has 0 N–H and O–H groups in total. The van der Waals surface area contributed by atoms with Gasteiger partial charge >= 0.3 is 11.9 Å². The smallest absolute Gasteiger partial charge is 0.320 e. The molecule has 132 valence electrons. The van der Waals surface area contributed by atoms with Crippen molar-refractivity contribution in [1.82, 2.24) is 0 Å². The van der Waals surface area contributed by atoms with Crippen LogP contribution in [0.1, 0.15) is 5.56 Å². The molecule has 0 bridgehead atoms. The summed E-state index contributed by atoms with van der Waals surface area (Å²) in [5.41, 5.74) is 0.825. The first-order chi connectivity index (χ1) is 12.1. The van der Waals surface area contributed by atoms with Gasteiger partial charge in [0.1, 0.15) is 12.4 Å². The molecule has 1 heterocycles. The van der Waals surface area contributed by atoms with Crippen LogP contribution in [0.5, 0.6) is 5.75 Å². The number of rotatable bonds is 8. The summed E-state index contributed by atoms with van der Waals surface area (Å²) in [7, 11) is 2.50. The van der Waals surface area contributed by atoms with Gasteiger partial charge in [-0.25, -0.2) is 4.57 Å². The van der Waals surface area contributed by atoms with Gasteiger partial charge in [-0.1, -0.05) is 18.2 Å². The zero-order valence-corrected chi connectivity index (χ0v) is 14.4. The molecule has 0 saturated heterocycles. The van der Waals surface area contributed by atoms with Gasteiger partial charge in [-0.3, -0.25) is 9.59 Å². The van der Waals surface area contributed by atoms with Gasteiger partial charge in [0, 0.05) is 12.1 Å². The zero-order valence-electron chi connectivity index (χ0n) is 14.4. The molecule has 2 aromatic rings. The van der Waals surface area contributed by atoms with E-state index in [2.05, 4.69) is 9.47 Å². The van der Waals surface area contributed by atoms with Gasteiger partial charge in [0.15, 0.2) is 24.9 Å². The Hall–Kier alpha value is -2.89. The molecule has 1 aromatic heterocycles.